The zero-order valence-corrected chi connectivity index (χ0v) is 13.8. The van der Waals surface area contributed by atoms with Crippen LogP contribution in [0.3, 0.4) is 0 Å². The fourth-order valence-electron chi connectivity index (χ4n) is 2.58. The highest BCUT2D eigenvalue weighted by atomic mass is 32.1. The maximum Gasteiger partial charge on any atom is 0.278 e. The van der Waals surface area contributed by atoms with E-state index in [2.05, 4.69) is 20.5 Å². The van der Waals surface area contributed by atoms with Crippen molar-refractivity contribution in [1.29, 1.82) is 0 Å². The topological polar surface area (TPSA) is 114 Å². The number of nitro groups is 1. The number of amides is 1. The Hall–Kier alpha value is -3.33. The summed E-state index contributed by atoms with van der Waals surface area (Å²) < 4.78 is 0.970. The van der Waals surface area contributed by atoms with Gasteiger partial charge in [-0.3, -0.25) is 25.3 Å². The van der Waals surface area contributed by atoms with Crippen LogP contribution in [-0.4, -0.2) is 26.0 Å². The number of non-ortho nitro benzene ring substituents is 1. The van der Waals surface area contributed by atoms with Crippen molar-refractivity contribution in [2.24, 2.45) is 0 Å². The summed E-state index contributed by atoms with van der Waals surface area (Å²) in [7, 11) is 0. The second kappa shape index (κ2) is 5.64. The molecule has 0 radical (unpaired) electrons. The predicted octanol–water partition coefficient (Wildman–Crippen LogP) is 3.64. The minimum atomic E-state index is -0.509. The molecule has 2 aromatic carbocycles. The highest BCUT2D eigenvalue weighted by Gasteiger charge is 2.18. The van der Waals surface area contributed by atoms with Gasteiger partial charge in [0.15, 0.2) is 10.8 Å². The van der Waals surface area contributed by atoms with Crippen molar-refractivity contribution < 1.29 is 9.72 Å². The number of hydrogen-bond acceptors (Lipinski definition) is 6. The molecule has 9 heteroatoms. The quantitative estimate of drug-likeness (QED) is 0.431. The van der Waals surface area contributed by atoms with Crippen LogP contribution in [0.25, 0.3) is 21.1 Å². The van der Waals surface area contributed by atoms with Crippen LogP contribution in [0.4, 0.5) is 10.8 Å². The second-order valence-electron chi connectivity index (χ2n) is 5.45. The third-order valence-corrected chi connectivity index (χ3v) is 4.75. The van der Waals surface area contributed by atoms with Gasteiger partial charge in [-0.25, -0.2) is 4.98 Å². The van der Waals surface area contributed by atoms with Crippen LogP contribution in [0.2, 0.25) is 0 Å². The molecule has 2 heterocycles. The van der Waals surface area contributed by atoms with E-state index in [1.807, 2.05) is 25.1 Å². The number of aryl methyl sites for hydroxylation is 1. The van der Waals surface area contributed by atoms with Crippen molar-refractivity contribution in [3.63, 3.8) is 0 Å². The largest absolute Gasteiger partial charge is 0.296 e. The number of nitrogens with one attached hydrogen (secondary N) is 2. The van der Waals surface area contributed by atoms with Crippen molar-refractivity contribution >= 4 is 49.2 Å². The van der Waals surface area contributed by atoms with E-state index >= 15 is 0 Å². The predicted molar refractivity (Wildman–Crippen MR) is 95.1 cm³/mol. The number of anilines is 1. The maximum atomic E-state index is 12.5. The summed E-state index contributed by atoms with van der Waals surface area (Å²) in [4.78, 5) is 27.4. The minimum absolute atomic E-state index is 0.0923. The first-order chi connectivity index (χ1) is 12.0. The van der Waals surface area contributed by atoms with Gasteiger partial charge < -0.3 is 0 Å². The van der Waals surface area contributed by atoms with Crippen molar-refractivity contribution in [2.75, 3.05) is 5.32 Å². The van der Waals surface area contributed by atoms with Crippen LogP contribution in [0.1, 0.15) is 16.1 Å². The number of carbonyl (C=O) groups is 1. The molecule has 0 saturated carbocycles. The fourth-order valence-corrected chi connectivity index (χ4v) is 3.52. The van der Waals surface area contributed by atoms with Crippen LogP contribution in [-0.2, 0) is 0 Å². The lowest BCUT2D eigenvalue weighted by molar-refractivity contribution is -0.384. The summed E-state index contributed by atoms with van der Waals surface area (Å²) in [6.07, 6.45) is 0. The molecule has 0 aliphatic rings. The molecule has 2 aromatic heterocycles. The van der Waals surface area contributed by atoms with E-state index in [9.17, 15) is 14.9 Å². The van der Waals surface area contributed by atoms with Crippen LogP contribution in [0, 0.1) is 17.0 Å². The number of aromatic amines is 1. The molecule has 0 spiro atoms. The number of para-hydroxylation sites is 1. The lowest BCUT2D eigenvalue weighted by atomic mass is 10.2. The Kier molecular flexibility index (Phi) is 3.43. The highest BCUT2D eigenvalue weighted by molar-refractivity contribution is 7.22. The molecule has 0 aliphatic heterocycles. The first kappa shape index (κ1) is 15.2. The van der Waals surface area contributed by atoms with E-state index in [0.717, 1.165) is 15.8 Å². The van der Waals surface area contributed by atoms with E-state index in [0.29, 0.717) is 16.0 Å². The van der Waals surface area contributed by atoms with Crippen LogP contribution in [0.5, 0.6) is 0 Å². The third-order valence-electron chi connectivity index (χ3n) is 3.81. The Bertz CT molecular complexity index is 1150. The van der Waals surface area contributed by atoms with Gasteiger partial charge in [0.2, 0.25) is 0 Å². The second-order valence-corrected chi connectivity index (χ2v) is 6.48. The van der Waals surface area contributed by atoms with Gasteiger partial charge in [-0.1, -0.05) is 23.5 Å². The lowest BCUT2D eigenvalue weighted by Gasteiger charge is -1.98. The molecular weight excluding hydrogens is 342 g/mol. The molecule has 1 amide bonds. The van der Waals surface area contributed by atoms with E-state index in [-0.39, 0.29) is 11.4 Å². The Balaban J connectivity index is 1.70. The summed E-state index contributed by atoms with van der Waals surface area (Å²) >= 11 is 1.36. The zero-order valence-electron chi connectivity index (χ0n) is 12.9. The van der Waals surface area contributed by atoms with Crippen molar-refractivity contribution in [3.8, 4) is 0 Å². The van der Waals surface area contributed by atoms with Crippen LogP contribution < -0.4 is 5.32 Å². The highest BCUT2D eigenvalue weighted by Crippen LogP contribution is 2.29. The number of fused-ring (bicyclic) bond motifs is 2. The molecule has 2 N–H and O–H groups in total. The number of carbonyl (C=O) groups excluding carboxylic acids is 1. The summed E-state index contributed by atoms with van der Waals surface area (Å²) in [5, 5.41) is 21.2. The molecule has 4 aromatic rings. The molecule has 8 nitrogen and oxygen atoms in total. The molecule has 124 valence electrons. The molecule has 0 atom stereocenters. The molecule has 4 rings (SSSR count). The minimum Gasteiger partial charge on any atom is -0.296 e. The number of hydrogen-bond donors (Lipinski definition) is 2. The van der Waals surface area contributed by atoms with Gasteiger partial charge >= 0.3 is 0 Å². The number of nitro benzene ring substituents is 1. The van der Waals surface area contributed by atoms with Gasteiger partial charge in [0.25, 0.3) is 11.6 Å². The van der Waals surface area contributed by atoms with Crippen LogP contribution in [0.15, 0.2) is 36.4 Å². The smallest absolute Gasteiger partial charge is 0.278 e. The summed E-state index contributed by atoms with van der Waals surface area (Å²) in [5.41, 5.74) is 2.41. The van der Waals surface area contributed by atoms with Gasteiger partial charge in [0.05, 0.1) is 20.7 Å². The van der Waals surface area contributed by atoms with Gasteiger partial charge in [-0.05, 0) is 24.6 Å². The fraction of sp³-hybridized carbons (Fsp3) is 0.0625. The molecule has 0 aliphatic carbocycles. The molecule has 25 heavy (non-hydrogen) atoms. The van der Waals surface area contributed by atoms with Gasteiger partial charge in [0.1, 0.15) is 0 Å². The number of aromatic nitrogens is 3. The van der Waals surface area contributed by atoms with E-state index in [1.54, 1.807) is 0 Å². The number of rotatable bonds is 3. The van der Waals surface area contributed by atoms with E-state index < -0.39 is 10.8 Å². The summed E-state index contributed by atoms with van der Waals surface area (Å²) in [6.45, 7) is 1.95. The number of thiazole rings is 1. The van der Waals surface area contributed by atoms with Crippen molar-refractivity contribution in [3.05, 3.63) is 57.8 Å². The Morgan fingerprint density at radius 3 is 2.92 bits per heavy atom. The van der Waals surface area contributed by atoms with Gasteiger partial charge in [0, 0.05) is 17.5 Å². The van der Waals surface area contributed by atoms with Crippen molar-refractivity contribution in [1.82, 2.24) is 15.2 Å². The molecule has 0 unspecified atom stereocenters. The van der Waals surface area contributed by atoms with Crippen LogP contribution >= 0.6 is 11.3 Å². The molecular formula is C16H11N5O3S. The Morgan fingerprint density at radius 1 is 1.32 bits per heavy atom. The molecule has 0 bridgehead atoms. The first-order valence-electron chi connectivity index (χ1n) is 7.33. The lowest BCUT2D eigenvalue weighted by Crippen LogP contribution is -2.12. The standard InChI is InChI=1S/C16H11N5O3S/c1-8-3-2-4-12-13(8)17-16(25-12)18-15(22)14-10-7-9(21(23)24)5-6-11(10)19-20-14/h2-7H,1H3,(H,19,20)(H,17,18,22). The Labute approximate surface area is 144 Å². The summed E-state index contributed by atoms with van der Waals surface area (Å²) in [5.74, 6) is -0.469. The zero-order chi connectivity index (χ0) is 17.6. The average molecular weight is 353 g/mol. The maximum absolute atomic E-state index is 12.5. The average Bonchev–Trinajstić information content (AvgIpc) is 3.18. The number of nitrogens with zero attached hydrogens (tertiary/aromatic N) is 3. The summed E-state index contributed by atoms with van der Waals surface area (Å²) in [6, 6.07) is 10.0. The van der Waals surface area contributed by atoms with E-state index in [4.69, 9.17) is 0 Å². The third kappa shape index (κ3) is 2.60. The SMILES string of the molecule is Cc1cccc2sc(NC(=O)c3n[nH]c4ccc([N+](=O)[O-])cc34)nc12. The van der Waals surface area contributed by atoms with E-state index in [1.165, 1.54) is 29.5 Å². The Morgan fingerprint density at radius 2 is 2.16 bits per heavy atom. The molecule has 0 fully saturated rings. The number of benzene rings is 2. The number of H-pyrrole nitrogens is 1. The molecule has 0 saturated heterocycles. The van der Waals surface area contributed by atoms with Gasteiger partial charge in [-0.2, -0.15) is 5.10 Å². The normalized spacial score (nSPS) is 11.1. The van der Waals surface area contributed by atoms with Crippen molar-refractivity contribution in [2.45, 2.75) is 6.92 Å². The monoisotopic (exact) mass is 353 g/mol. The van der Waals surface area contributed by atoms with Gasteiger partial charge in [-0.15, -0.1) is 0 Å². The first-order valence-corrected chi connectivity index (χ1v) is 8.14.